The average Bonchev–Trinajstić information content (AvgIpc) is 3.12. The average molecular weight is 388 g/mol. The molecule has 4 rings (SSSR count). The van der Waals surface area contributed by atoms with Crippen LogP contribution in [-0.4, -0.2) is 15.9 Å². The van der Waals surface area contributed by atoms with Gasteiger partial charge in [0.05, 0.1) is 5.39 Å². The van der Waals surface area contributed by atoms with Gasteiger partial charge in [-0.05, 0) is 36.2 Å². The molecule has 0 aliphatic rings. The number of fused-ring (bicyclic) bond motifs is 1. The van der Waals surface area contributed by atoms with E-state index in [9.17, 15) is 4.79 Å². The lowest BCUT2D eigenvalue weighted by Gasteiger charge is -2.06. The molecule has 6 heteroatoms. The van der Waals surface area contributed by atoms with Crippen molar-refractivity contribution in [2.45, 2.75) is 20.4 Å². The Hall–Kier alpha value is -3.25. The lowest BCUT2D eigenvalue weighted by Crippen LogP contribution is -2.05. The summed E-state index contributed by atoms with van der Waals surface area (Å²) in [5.74, 6) is 0.761. The number of aryl methyl sites for hydroxylation is 1. The number of nitrogens with zero attached hydrogens (tertiary/aromatic N) is 2. The van der Waals surface area contributed by atoms with E-state index in [2.05, 4.69) is 57.9 Å². The summed E-state index contributed by atoms with van der Waals surface area (Å²) >= 11 is 1.63. The van der Waals surface area contributed by atoms with Crippen LogP contribution < -0.4 is 10.6 Å². The first-order valence-electron chi connectivity index (χ1n) is 9.00. The predicted octanol–water partition coefficient (Wildman–Crippen LogP) is 5.24. The summed E-state index contributed by atoms with van der Waals surface area (Å²) in [4.78, 5) is 22.1. The minimum absolute atomic E-state index is 0.0748. The maximum atomic E-state index is 11.2. The van der Waals surface area contributed by atoms with Crippen molar-refractivity contribution in [3.05, 3.63) is 72.1 Å². The molecule has 0 bridgehead atoms. The number of carbonyl (C=O) groups excluding carboxylic acids is 1. The molecule has 28 heavy (non-hydrogen) atoms. The number of thiophene rings is 1. The van der Waals surface area contributed by atoms with Crippen LogP contribution in [0, 0.1) is 6.92 Å². The van der Waals surface area contributed by atoms with E-state index >= 15 is 0 Å². The van der Waals surface area contributed by atoms with Crippen LogP contribution in [0.2, 0.25) is 0 Å². The van der Waals surface area contributed by atoms with Crippen LogP contribution in [0.5, 0.6) is 0 Å². The highest BCUT2D eigenvalue weighted by Gasteiger charge is 2.10. The normalized spacial score (nSPS) is 10.8. The summed E-state index contributed by atoms with van der Waals surface area (Å²) in [5.41, 5.74) is 4.33. The molecule has 0 aliphatic carbocycles. The Balaban J connectivity index is 1.58. The monoisotopic (exact) mass is 388 g/mol. The molecule has 2 aromatic heterocycles. The fourth-order valence-electron chi connectivity index (χ4n) is 2.95. The highest BCUT2D eigenvalue weighted by molar-refractivity contribution is 7.21. The molecule has 0 unspecified atom stereocenters. The first-order chi connectivity index (χ1) is 13.6. The summed E-state index contributed by atoms with van der Waals surface area (Å²) in [5, 5.41) is 7.23. The van der Waals surface area contributed by atoms with E-state index in [-0.39, 0.29) is 5.91 Å². The van der Waals surface area contributed by atoms with Crippen LogP contribution >= 0.6 is 11.3 Å². The van der Waals surface area contributed by atoms with E-state index in [0.29, 0.717) is 6.54 Å². The summed E-state index contributed by atoms with van der Waals surface area (Å²) in [6.45, 7) is 4.30. The van der Waals surface area contributed by atoms with E-state index in [0.717, 1.165) is 32.2 Å². The molecule has 2 heterocycles. The van der Waals surface area contributed by atoms with Gasteiger partial charge >= 0.3 is 0 Å². The Kier molecular flexibility index (Phi) is 5.04. The van der Waals surface area contributed by atoms with Gasteiger partial charge < -0.3 is 10.6 Å². The topological polar surface area (TPSA) is 66.9 Å². The van der Waals surface area contributed by atoms with E-state index in [1.807, 2.05) is 24.3 Å². The van der Waals surface area contributed by atoms with Crippen LogP contribution in [0.25, 0.3) is 20.7 Å². The van der Waals surface area contributed by atoms with Crippen LogP contribution in [0.1, 0.15) is 18.1 Å². The quantitative estimate of drug-likeness (QED) is 0.491. The summed E-state index contributed by atoms with van der Waals surface area (Å²) in [6.07, 6.45) is 1.60. The van der Waals surface area contributed by atoms with Gasteiger partial charge in [0, 0.05) is 24.0 Å². The fraction of sp³-hybridized carbons (Fsp3) is 0.136. The van der Waals surface area contributed by atoms with Gasteiger partial charge in [-0.2, -0.15) is 0 Å². The van der Waals surface area contributed by atoms with Gasteiger partial charge in [0.2, 0.25) is 5.91 Å². The number of aromatic nitrogens is 2. The number of rotatable bonds is 5. The third-order valence-corrected chi connectivity index (χ3v) is 5.49. The molecule has 5 nitrogen and oxygen atoms in total. The zero-order valence-electron chi connectivity index (χ0n) is 15.7. The Morgan fingerprint density at radius 1 is 1.04 bits per heavy atom. The molecule has 1 amide bonds. The Bertz CT molecular complexity index is 1120. The van der Waals surface area contributed by atoms with Crippen molar-refractivity contribution in [1.29, 1.82) is 0 Å². The van der Waals surface area contributed by atoms with E-state index < -0.39 is 0 Å². The molecule has 0 fully saturated rings. The first kappa shape index (κ1) is 18.1. The van der Waals surface area contributed by atoms with Crippen molar-refractivity contribution < 1.29 is 4.79 Å². The second-order valence-corrected chi connectivity index (χ2v) is 7.68. The SMILES string of the molecule is CC(=O)Nc1ccc(-c2cc3c(NCc4ccc(C)cc4)ncnc3s2)cc1. The maximum Gasteiger partial charge on any atom is 0.221 e. The molecular formula is C22H20N4OS. The van der Waals surface area contributed by atoms with Crippen molar-refractivity contribution in [3.8, 4) is 10.4 Å². The molecular weight excluding hydrogens is 368 g/mol. The lowest BCUT2D eigenvalue weighted by atomic mass is 10.1. The fourth-order valence-corrected chi connectivity index (χ4v) is 3.96. The van der Waals surface area contributed by atoms with Crippen molar-refractivity contribution in [1.82, 2.24) is 9.97 Å². The second-order valence-electron chi connectivity index (χ2n) is 6.65. The Morgan fingerprint density at radius 2 is 1.79 bits per heavy atom. The van der Waals surface area contributed by atoms with E-state index in [1.54, 1.807) is 17.7 Å². The summed E-state index contributed by atoms with van der Waals surface area (Å²) in [6, 6.07) is 18.4. The number of hydrogen-bond acceptors (Lipinski definition) is 5. The van der Waals surface area contributed by atoms with Gasteiger partial charge in [-0.1, -0.05) is 42.0 Å². The molecule has 140 valence electrons. The molecule has 2 aromatic carbocycles. The Morgan fingerprint density at radius 3 is 2.50 bits per heavy atom. The molecule has 0 spiro atoms. The Labute approximate surface area is 167 Å². The number of anilines is 2. The number of hydrogen-bond donors (Lipinski definition) is 2. The highest BCUT2D eigenvalue weighted by Crippen LogP contribution is 2.35. The second kappa shape index (κ2) is 7.78. The minimum atomic E-state index is -0.0748. The van der Waals surface area contributed by atoms with Crippen LogP contribution in [0.15, 0.2) is 60.9 Å². The molecule has 0 atom stereocenters. The summed E-state index contributed by atoms with van der Waals surface area (Å²) < 4.78 is 0. The number of nitrogens with one attached hydrogen (secondary N) is 2. The maximum absolute atomic E-state index is 11.2. The van der Waals surface area contributed by atoms with Crippen molar-refractivity contribution in [2.75, 3.05) is 10.6 Å². The van der Waals surface area contributed by atoms with Crippen LogP contribution in [0.4, 0.5) is 11.5 Å². The third kappa shape index (κ3) is 4.02. The minimum Gasteiger partial charge on any atom is -0.365 e. The van der Waals surface area contributed by atoms with Crippen LogP contribution in [0.3, 0.4) is 0 Å². The van der Waals surface area contributed by atoms with Gasteiger partial charge in [-0.15, -0.1) is 11.3 Å². The van der Waals surface area contributed by atoms with Crippen molar-refractivity contribution in [2.24, 2.45) is 0 Å². The van der Waals surface area contributed by atoms with Crippen molar-refractivity contribution >= 4 is 39.0 Å². The number of carbonyl (C=O) groups is 1. The van der Waals surface area contributed by atoms with Gasteiger partial charge in [0.1, 0.15) is 17.0 Å². The number of benzene rings is 2. The van der Waals surface area contributed by atoms with Gasteiger partial charge in [0.15, 0.2) is 0 Å². The molecule has 0 saturated carbocycles. The highest BCUT2D eigenvalue weighted by atomic mass is 32.1. The molecule has 0 aliphatic heterocycles. The number of amides is 1. The molecule has 0 saturated heterocycles. The largest absolute Gasteiger partial charge is 0.365 e. The lowest BCUT2D eigenvalue weighted by molar-refractivity contribution is -0.114. The smallest absolute Gasteiger partial charge is 0.221 e. The molecule has 4 aromatic rings. The zero-order chi connectivity index (χ0) is 19.5. The van der Waals surface area contributed by atoms with E-state index in [1.165, 1.54) is 18.1 Å². The first-order valence-corrected chi connectivity index (χ1v) is 9.82. The zero-order valence-corrected chi connectivity index (χ0v) is 16.5. The predicted molar refractivity (Wildman–Crippen MR) is 116 cm³/mol. The van der Waals surface area contributed by atoms with Crippen molar-refractivity contribution in [3.63, 3.8) is 0 Å². The molecule has 2 N–H and O–H groups in total. The third-order valence-electron chi connectivity index (χ3n) is 4.40. The summed E-state index contributed by atoms with van der Waals surface area (Å²) in [7, 11) is 0. The standard InChI is InChI=1S/C22H20N4OS/c1-14-3-5-16(6-4-14)12-23-21-19-11-20(28-22(19)25-13-24-21)17-7-9-18(10-8-17)26-15(2)27/h3-11,13H,12H2,1-2H3,(H,26,27)(H,23,24,25). The van der Waals surface area contributed by atoms with Gasteiger partial charge in [-0.25, -0.2) is 9.97 Å². The van der Waals surface area contributed by atoms with Crippen LogP contribution in [-0.2, 0) is 11.3 Å². The molecule has 0 radical (unpaired) electrons. The van der Waals surface area contributed by atoms with E-state index in [4.69, 9.17) is 0 Å². The van der Waals surface area contributed by atoms with Gasteiger partial charge in [0.25, 0.3) is 0 Å². The van der Waals surface area contributed by atoms with Gasteiger partial charge in [-0.3, -0.25) is 4.79 Å².